The van der Waals surface area contributed by atoms with E-state index < -0.39 is 0 Å². The van der Waals surface area contributed by atoms with Gasteiger partial charge in [-0.1, -0.05) is 121 Å². The molecule has 0 unspecified atom stereocenters. The van der Waals surface area contributed by atoms with Crippen molar-refractivity contribution < 1.29 is 0 Å². The molecule has 9 aromatic rings. The molecule has 9 rings (SSSR count). The Morgan fingerprint density at radius 1 is 0.419 bits per heavy atom. The van der Waals surface area contributed by atoms with Gasteiger partial charge in [-0.25, -0.2) is 9.97 Å². The molecule has 200 valence electrons. The number of rotatable bonds is 3. The van der Waals surface area contributed by atoms with E-state index in [0.29, 0.717) is 0 Å². The van der Waals surface area contributed by atoms with Crippen molar-refractivity contribution in [1.82, 2.24) is 14.5 Å². The first-order valence-corrected chi connectivity index (χ1v) is 14.6. The van der Waals surface area contributed by atoms with Gasteiger partial charge in [-0.05, 0) is 46.5 Å². The first-order valence-electron chi connectivity index (χ1n) is 14.6. The van der Waals surface area contributed by atoms with E-state index in [4.69, 9.17) is 9.97 Å². The van der Waals surface area contributed by atoms with Crippen LogP contribution >= 0.6 is 0 Å². The van der Waals surface area contributed by atoms with Crippen LogP contribution in [-0.4, -0.2) is 14.5 Å². The summed E-state index contributed by atoms with van der Waals surface area (Å²) < 4.78 is 2.39. The lowest BCUT2D eigenvalue weighted by molar-refractivity contribution is 1.19. The zero-order valence-corrected chi connectivity index (χ0v) is 23.3. The number of benzene rings is 7. The van der Waals surface area contributed by atoms with Crippen LogP contribution in [0.1, 0.15) is 0 Å². The molecule has 2 aromatic heterocycles. The van der Waals surface area contributed by atoms with Gasteiger partial charge in [-0.15, -0.1) is 0 Å². The van der Waals surface area contributed by atoms with E-state index in [0.717, 1.165) is 50.0 Å². The number of nitrogens with zero attached hydrogens (tertiary/aromatic N) is 3. The smallest absolute Gasteiger partial charge is 0.0973 e. The molecular formula is C40H25N3. The van der Waals surface area contributed by atoms with Crippen molar-refractivity contribution in [3.05, 3.63) is 152 Å². The molecule has 0 aliphatic heterocycles. The van der Waals surface area contributed by atoms with Gasteiger partial charge in [0.15, 0.2) is 0 Å². The average Bonchev–Trinajstić information content (AvgIpc) is 3.43. The maximum Gasteiger partial charge on any atom is 0.0973 e. The highest BCUT2D eigenvalue weighted by Gasteiger charge is 2.17. The lowest BCUT2D eigenvalue weighted by atomic mass is 10.0. The lowest BCUT2D eigenvalue weighted by Gasteiger charge is -2.14. The summed E-state index contributed by atoms with van der Waals surface area (Å²) in [7, 11) is 0. The van der Waals surface area contributed by atoms with Crippen LogP contribution in [0, 0.1) is 0 Å². The van der Waals surface area contributed by atoms with Gasteiger partial charge < -0.3 is 4.57 Å². The van der Waals surface area contributed by atoms with Crippen molar-refractivity contribution in [1.29, 1.82) is 0 Å². The summed E-state index contributed by atoms with van der Waals surface area (Å²) in [5.41, 5.74) is 9.18. The van der Waals surface area contributed by atoms with Crippen LogP contribution in [0.25, 0.3) is 82.6 Å². The fourth-order valence-electron chi connectivity index (χ4n) is 6.58. The largest absolute Gasteiger partial charge is 0.309 e. The Morgan fingerprint density at radius 3 is 1.81 bits per heavy atom. The number of hydrogen-bond acceptors (Lipinski definition) is 2. The minimum absolute atomic E-state index is 0.886. The van der Waals surface area contributed by atoms with Crippen molar-refractivity contribution in [2.75, 3.05) is 0 Å². The van der Waals surface area contributed by atoms with Gasteiger partial charge in [0.05, 0.1) is 33.5 Å². The fraction of sp³-hybridized carbons (Fsp3) is 0. The highest BCUT2D eigenvalue weighted by atomic mass is 15.0. The summed E-state index contributed by atoms with van der Waals surface area (Å²) in [5.74, 6) is 0. The Hall–Kier alpha value is -5.80. The van der Waals surface area contributed by atoms with Gasteiger partial charge in [0.1, 0.15) is 0 Å². The SMILES string of the molecule is c1ccc(-c2nc3ccc4ccc(-n5c6ccccc6c6c7ccccc7ccc65)cc4c3nc2-c2ccccc2)cc1. The van der Waals surface area contributed by atoms with E-state index in [2.05, 4.69) is 144 Å². The molecule has 7 aromatic carbocycles. The second-order valence-corrected chi connectivity index (χ2v) is 11.0. The molecule has 0 saturated heterocycles. The summed E-state index contributed by atoms with van der Waals surface area (Å²) in [6.07, 6.45) is 0. The maximum atomic E-state index is 5.37. The Morgan fingerprint density at radius 2 is 1.02 bits per heavy atom. The average molecular weight is 548 g/mol. The second kappa shape index (κ2) is 9.37. The van der Waals surface area contributed by atoms with E-state index >= 15 is 0 Å². The number of hydrogen-bond donors (Lipinski definition) is 0. The highest BCUT2D eigenvalue weighted by molar-refractivity contribution is 6.21. The van der Waals surface area contributed by atoms with Crippen molar-refractivity contribution >= 4 is 54.4 Å². The van der Waals surface area contributed by atoms with Gasteiger partial charge in [0, 0.05) is 33.0 Å². The van der Waals surface area contributed by atoms with Gasteiger partial charge in [-0.3, -0.25) is 0 Å². The topological polar surface area (TPSA) is 30.7 Å². The summed E-state index contributed by atoms with van der Waals surface area (Å²) in [6, 6.07) is 53.5. The number of para-hydroxylation sites is 1. The molecule has 0 aliphatic rings. The molecule has 0 N–H and O–H groups in total. The van der Waals surface area contributed by atoms with Crippen molar-refractivity contribution in [2.45, 2.75) is 0 Å². The standard InChI is InChI=1S/C40H25N3/c1-3-12-28(13-4-1)38-39(29-14-5-2-6-15-29)42-40-33-25-30(22-19-27(33)20-23-34(40)41-38)43-35-18-10-9-17-32(35)37-31-16-8-7-11-26(31)21-24-36(37)43/h1-25H. The minimum atomic E-state index is 0.886. The van der Waals surface area contributed by atoms with Crippen LogP contribution < -0.4 is 0 Å². The number of fused-ring (bicyclic) bond motifs is 8. The third-order valence-electron chi connectivity index (χ3n) is 8.55. The van der Waals surface area contributed by atoms with E-state index in [1.807, 2.05) is 12.1 Å². The molecule has 0 atom stereocenters. The van der Waals surface area contributed by atoms with Gasteiger partial charge in [0.2, 0.25) is 0 Å². The monoisotopic (exact) mass is 547 g/mol. The van der Waals surface area contributed by atoms with Crippen molar-refractivity contribution in [3.63, 3.8) is 0 Å². The molecule has 43 heavy (non-hydrogen) atoms. The molecule has 3 nitrogen and oxygen atoms in total. The molecule has 0 amide bonds. The van der Waals surface area contributed by atoms with Crippen LogP contribution in [0.15, 0.2) is 152 Å². The number of aromatic nitrogens is 3. The summed E-state index contributed by atoms with van der Waals surface area (Å²) >= 11 is 0. The van der Waals surface area contributed by atoms with E-state index in [9.17, 15) is 0 Å². The first-order chi connectivity index (χ1) is 21.3. The fourth-order valence-corrected chi connectivity index (χ4v) is 6.58. The third-order valence-corrected chi connectivity index (χ3v) is 8.55. The van der Waals surface area contributed by atoms with Crippen LogP contribution in [-0.2, 0) is 0 Å². The van der Waals surface area contributed by atoms with Gasteiger partial charge in [0.25, 0.3) is 0 Å². The molecular weight excluding hydrogens is 522 g/mol. The minimum Gasteiger partial charge on any atom is -0.309 e. The quantitative estimate of drug-likeness (QED) is 0.206. The molecule has 0 spiro atoms. The predicted molar refractivity (Wildman–Crippen MR) is 180 cm³/mol. The normalized spacial score (nSPS) is 11.7. The highest BCUT2D eigenvalue weighted by Crippen LogP contribution is 2.38. The van der Waals surface area contributed by atoms with Crippen molar-refractivity contribution in [2.24, 2.45) is 0 Å². The van der Waals surface area contributed by atoms with Gasteiger partial charge >= 0.3 is 0 Å². The van der Waals surface area contributed by atoms with Crippen LogP contribution in [0.5, 0.6) is 0 Å². The van der Waals surface area contributed by atoms with Crippen LogP contribution in [0.4, 0.5) is 0 Å². The van der Waals surface area contributed by atoms with Crippen molar-refractivity contribution in [3.8, 4) is 28.2 Å². The molecule has 0 aliphatic carbocycles. The molecule has 0 saturated carbocycles. The molecule has 0 fully saturated rings. The Labute approximate surface area is 248 Å². The zero-order chi connectivity index (χ0) is 28.3. The van der Waals surface area contributed by atoms with E-state index in [1.54, 1.807) is 0 Å². The zero-order valence-electron chi connectivity index (χ0n) is 23.3. The van der Waals surface area contributed by atoms with Crippen LogP contribution in [0.3, 0.4) is 0 Å². The molecule has 3 heteroatoms. The van der Waals surface area contributed by atoms with E-state index in [-0.39, 0.29) is 0 Å². The van der Waals surface area contributed by atoms with Crippen LogP contribution in [0.2, 0.25) is 0 Å². The summed E-state index contributed by atoms with van der Waals surface area (Å²) in [5, 5.41) is 7.29. The Balaban J connectivity index is 1.35. The Bertz CT molecular complexity index is 2490. The maximum absolute atomic E-state index is 5.37. The first kappa shape index (κ1) is 23.9. The second-order valence-electron chi connectivity index (χ2n) is 11.0. The van der Waals surface area contributed by atoms with E-state index in [1.165, 1.54) is 32.6 Å². The summed E-state index contributed by atoms with van der Waals surface area (Å²) in [4.78, 5) is 10.6. The summed E-state index contributed by atoms with van der Waals surface area (Å²) in [6.45, 7) is 0. The Kier molecular flexibility index (Phi) is 5.20. The predicted octanol–water partition coefficient (Wildman–Crippen LogP) is 10.4. The molecule has 0 bridgehead atoms. The van der Waals surface area contributed by atoms with Gasteiger partial charge in [-0.2, -0.15) is 0 Å². The lowest BCUT2D eigenvalue weighted by Crippen LogP contribution is -1.97. The third kappa shape index (κ3) is 3.68. The molecule has 2 heterocycles. The molecule has 0 radical (unpaired) electrons.